The summed E-state index contributed by atoms with van der Waals surface area (Å²) in [6, 6.07) is 19.0. The Morgan fingerprint density at radius 1 is 0.750 bits per heavy atom. The minimum atomic E-state index is 1.28. The number of benzene rings is 2. The number of rotatable bonds is 1. The second kappa shape index (κ2) is 7.23. The van der Waals surface area contributed by atoms with Gasteiger partial charge in [-0.25, -0.2) is 0 Å². The molecule has 1 aliphatic rings. The molecular weight excluding hydrogens is 240 g/mol. The van der Waals surface area contributed by atoms with E-state index in [2.05, 4.69) is 68.5 Å². The first-order valence-electron chi connectivity index (χ1n) is 6.80. The molecule has 0 amide bonds. The van der Waals surface area contributed by atoms with E-state index < -0.39 is 0 Å². The molecule has 2 aromatic rings. The summed E-state index contributed by atoms with van der Waals surface area (Å²) in [6.45, 7) is 4.17. The quantitative estimate of drug-likeness (QED) is 0.591. The summed E-state index contributed by atoms with van der Waals surface area (Å²) in [5.41, 5.74) is 5.16. The highest BCUT2D eigenvalue weighted by Crippen LogP contribution is 2.18. The molecule has 0 fully saturated rings. The van der Waals surface area contributed by atoms with Crippen molar-refractivity contribution in [1.82, 2.24) is 0 Å². The minimum absolute atomic E-state index is 1.28. The molecule has 0 saturated heterocycles. The molecule has 0 nitrogen and oxygen atoms in total. The van der Waals surface area contributed by atoms with Gasteiger partial charge in [-0.15, -0.1) is 0 Å². The van der Waals surface area contributed by atoms with Gasteiger partial charge in [0, 0.05) is 6.08 Å². The molecule has 0 heteroatoms. The van der Waals surface area contributed by atoms with E-state index in [1.54, 1.807) is 0 Å². The zero-order chi connectivity index (χ0) is 14.2. The van der Waals surface area contributed by atoms with Crippen LogP contribution in [0.15, 0.2) is 84.5 Å². The lowest BCUT2D eigenvalue weighted by molar-refractivity contribution is 1.47. The second-order valence-electron chi connectivity index (χ2n) is 4.81. The second-order valence-corrected chi connectivity index (χ2v) is 4.81. The van der Waals surface area contributed by atoms with Crippen LogP contribution in [0.5, 0.6) is 0 Å². The van der Waals surface area contributed by atoms with E-state index in [9.17, 15) is 0 Å². The van der Waals surface area contributed by atoms with Crippen molar-refractivity contribution in [3.8, 4) is 11.1 Å². The number of allylic oxidation sites excluding steroid dienone is 6. The fraction of sp³-hybridized carbons (Fsp3) is 0.100. The maximum atomic E-state index is 2.93. The van der Waals surface area contributed by atoms with Crippen molar-refractivity contribution in [2.45, 2.75) is 13.8 Å². The molecule has 1 aliphatic carbocycles. The summed E-state index contributed by atoms with van der Waals surface area (Å²) in [7, 11) is 0. The van der Waals surface area contributed by atoms with E-state index in [0.717, 1.165) is 0 Å². The molecule has 0 radical (unpaired) electrons. The van der Waals surface area contributed by atoms with Gasteiger partial charge in [-0.3, -0.25) is 0 Å². The van der Waals surface area contributed by atoms with Crippen LogP contribution in [0, 0.1) is 13.0 Å². The zero-order valence-electron chi connectivity index (χ0n) is 12.0. The van der Waals surface area contributed by atoms with Gasteiger partial charge in [-0.2, -0.15) is 0 Å². The summed E-state index contributed by atoms with van der Waals surface area (Å²) >= 11 is 0. The SMILES string of the molecule is CC1=CC=[C+]C=C1.Cc1ccc(-c2ccccc2)cc1. The minimum Gasteiger partial charge on any atom is -0.0622 e. The smallest absolute Gasteiger partial charge is 0.0622 e. The van der Waals surface area contributed by atoms with Crippen molar-refractivity contribution in [3.05, 3.63) is 96.1 Å². The third kappa shape index (κ3) is 4.35. The van der Waals surface area contributed by atoms with Crippen LogP contribution >= 0.6 is 0 Å². The average molecular weight is 259 g/mol. The van der Waals surface area contributed by atoms with Gasteiger partial charge in [-0.05, 0) is 25.0 Å². The van der Waals surface area contributed by atoms with Crippen molar-refractivity contribution >= 4 is 0 Å². The first-order valence-corrected chi connectivity index (χ1v) is 6.80. The molecule has 0 heterocycles. The van der Waals surface area contributed by atoms with E-state index in [1.807, 2.05) is 30.4 Å². The van der Waals surface area contributed by atoms with Gasteiger partial charge in [0.1, 0.15) is 12.2 Å². The highest BCUT2D eigenvalue weighted by Gasteiger charge is 1.93. The molecule has 98 valence electrons. The Balaban J connectivity index is 0.000000178. The molecule has 0 saturated carbocycles. The summed E-state index contributed by atoms with van der Waals surface area (Å²) in [5.74, 6) is 0. The van der Waals surface area contributed by atoms with E-state index in [4.69, 9.17) is 0 Å². The first-order chi connectivity index (χ1) is 9.75. The maximum absolute atomic E-state index is 2.93. The molecule has 2 aromatic carbocycles. The Morgan fingerprint density at radius 3 is 1.90 bits per heavy atom. The highest BCUT2D eigenvalue weighted by atomic mass is 14.0. The summed E-state index contributed by atoms with van der Waals surface area (Å²) in [5, 5.41) is 0. The van der Waals surface area contributed by atoms with Crippen molar-refractivity contribution in [2.24, 2.45) is 0 Å². The van der Waals surface area contributed by atoms with Crippen molar-refractivity contribution in [3.63, 3.8) is 0 Å². The van der Waals surface area contributed by atoms with Crippen LogP contribution in [0.4, 0.5) is 0 Å². The first kappa shape index (κ1) is 14.0. The Bertz CT molecular complexity index is 611. The zero-order valence-corrected chi connectivity index (χ0v) is 12.0. The molecule has 0 aromatic heterocycles. The van der Waals surface area contributed by atoms with E-state index in [-0.39, 0.29) is 0 Å². The predicted molar refractivity (Wildman–Crippen MR) is 87.3 cm³/mol. The summed E-state index contributed by atoms with van der Waals surface area (Å²) in [6.07, 6.45) is 10.8. The molecule has 20 heavy (non-hydrogen) atoms. The Hall–Kier alpha value is -2.43. The normalized spacial score (nSPS) is 12.0. The van der Waals surface area contributed by atoms with Gasteiger partial charge in [0.2, 0.25) is 0 Å². The number of aryl methyl sites for hydroxylation is 1. The standard InChI is InChI=1S/C13H12.C7H7/c1-11-7-9-13(10-8-11)12-5-3-2-4-6-12;1-7-5-3-2-4-6-7/h2-10H,1H3;3-6H,1H3/q;+1. The topological polar surface area (TPSA) is 0 Å². The molecule has 0 spiro atoms. The van der Waals surface area contributed by atoms with Crippen LogP contribution in [0.25, 0.3) is 11.1 Å². The fourth-order valence-corrected chi connectivity index (χ4v) is 1.85. The number of hydrogen-bond donors (Lipinski definition) is 0. The van der Waals surface area contributed by atoms with Crippen LogP contribution in [0.1, 0.15) is 12.5 Å². The Kier molecular flexibility index (Phi) is 5.06. The van der Waals surface area contributed by atoms with E-state index in [1.165, 1.54) is 22.3 Å². The molecular formula is C20H19+. The van der Waals surface area contributed by atoms with Gasteiger partial charge in [-0.1, -0.05) is 60.2 Å². The fourth-order valence-electron chi connectivity index (χ4n) is 1.85. The van der Waals surface area contributed by atoms with E-state index >= 15 is 0 Å². The molecule has 0 bridgehead atoms. The Morgan fingerprint density at radius 2 is 1.40 bits per heavy atom. The summed E-state index contributed by atoms with van der Waals surface area (Å²) < 4.78 is 0. The van der Waals surface area contributed by atoms with Crippen LogP contribution < -0.4 is 0 Å². The average Bonchev–Trinajstić information content (AvgIpc) is 2.50. The summed E-state index contributed by atoms with van der Waals surface area (Å²) in [4.78, 5) is 0. The van der Waals surface area contributed by atoms with Crippen LogP contribution in [0.3, 0.4) is 0 Å². The predicted octanol–water partition coefficient (Wildman–Crippen LogP) is 5.52. The van der Waals surface area contributed by atoms with Gasteiger partial charge < -0.3 is 0 Å². The largest absolute Gasteiger partial charge is 0.103 e. The van der Waals surface area contributed by atoms with Gasteiger partial charge in [0.05, 0.1) is 17.7 Å². The molecule has 0 N–H and O–H groups in total. The molecule has 0 unspecified atom stereocenters. The van der Waals surface area contributed by atoms with Crippen molar-refractivity contribution < 1.29 is 0 Å². The highest BCUT2D eigenvalue weighted by molar-refractivity contribution is 5.63. The molecule has 0 aliphatic heterocycles. The number of hydrogen-bond acceptors (Lipinski definition) is 0. The lowest BCUT2D eigenvalue weighted by Gasteiger charge is -2.00. The van der Waals surface area contributed by atoms with Crippen LogP contribution in [0.2, 0.25) is 0 Å². The lowest BCUT2D eigenvalue weighted by atomic mass is 10.0. The van der Waals surface area contributed by atoms with Gasteiger partial charge in [0.25, 0.3) is 0 Å². The van der Waals surface area contributed by atoms with Gasteiger partial charge in [0.15, 0.2) is 0 Å². The molecule has 3 rings (SSSR count). The maximum Gasteiger partial charge on any atom is 0.103 e. The third-order valence-electron chi connectivity index (χ3n) is 3.04. The van der Waals surface area contributed by atoms with E-state index in [0.29, 0.717) is 0 Å². The van der Waals surface area contributed by atoms with Gasteiger partial charge >= 0.3 is 0 Å². The third-order valence-corrected chi connectivity index (χ3v) is 3.04. The van der Waals surface area contributed by atoms with Crippen LogP contribution in [-0.2, 0) is 0 Å². The lowest BCUT2D eigenvalue weighted by Crippen LogP contribution is -1.76. The molecule has 0 atom stereocenters. The van der Waals surface area contributed by atoms with Crippen LogP contribution in [-0.4, -0.2) is 0 Å². The monoisotopic (exact) mass is 259 g/mol. The van der Waals surface area contributed by atoms with Crippen molar-refractivity contribution in [1.29, 1.82) is 0 Å². The Labute approximate surface area is 121 Å². The van der Waals surface area contributed by atoms with Crippen molar-refractivity contribution in [2.75, 3.05) is 0 Å².